The summed E-state index contributed by atoms with van der Waals surface area (Å²) in [5.74, 6) is 1.06. The minimum atomic E-state index is -1.10. The van der Waals surface area contributed by atoms with Crippen LogP contribution in [0, 0.1) is 6.92 Å². The van der Waals surface area contributed by atoms with Crippen LogP contribution in [0.3, 0.4) is 0 Å². The molecule has 0 unspecified atom stereocenters. The first kappa shape index (κ1) is 17.5. The van der Waals surface area contributed by atoms with E-state index >= 15 is 0 Å². The number of amides is 1. The largest absolute Gasteiger partial charge is 0.465 e. The lowest BCUT2D eigenvalue weighted by molar-refractivity contribution is 0.203. The molecule has 1 aromatic carbocycles. The van der Waals surface area contributed by atoms with E-state index in [0.717, 1.165) is 10.6 Å². The quantitative estimate of drug-likeness (QED) is 0.662. The fourth-order valence-corrected chi connectivity index (χ4v) is 2.61. The number of aromatic nitrogens is 4. The highest BCUT2D eigenvalue weighted by Crippen LogP contribution is 2.26. The molecule has 0 saturated carbocycles. The van der Waals surface area contributed by atoms with Gasteiger partial charge in [-0.2, -0.15) is 10.2 Å². The monoisotopic (exact) mass is 356 g/mol. The summed E-state index contributed by atoms with van der Waals surface area (Å²) in [6.07, 6.45) is -1.10. The predicted octanol–water partition coefficient (Wildman–Crippen LogP) is 2.87. The highest BCUT2D eigenvalue weighted by atomic mass is 16.4. The smallest absolute Gasteiger partial charge is 0.411 e. The van der Waals surface area contributed by atoms with E-state index in [1.807, 2.05) is 26.8 Å². The van der Waals surface area contributed by atoms with Crippen molar-refractivity contribution in [2.75, 3.05) is 17.3 Å². The average molecular weight is 356 g/mol. The van der Waals surface area contributed by atoms with Crippen molar-refractivity contribution in [3.05, 3.63) is 40.3 Å². The van der Waals surface area contributed by atoms with Gasteiger partial charge in [0.05, 0.1) is 11.4 Å². The molecule has 0 fully saturated rings. The molecule has 3 rings (SSSR count). The molecule has 1 amide bonds. The highest BCUT2D eigenvalue weighted by molar-refractivity contribution is 5.96. The van der Waals surface area contributed by atoms with Gasteiger partial charge in [0.15, 0.2) is 11.6 Å². The van der Waals surface area contributed by atoms with Crippen LogP contribution in [0.1, 0.15) is 25.6 Å². The number of aryl methyl sites for hydroxylation is 1. The van der Waals surface area contributed by atoms with Crippen LogP contribution in [0.25, 0.3) is 10.8 Å². The Morgan fingerprint density at radius 2 is 2.04 bits per heavy atom. The van der Waals surface area contributed by atoms with Crippen LogP contribution in [-0.2, 0) is 0 Å². The van der Waals surface area contributed by atoms with E-state index in [0.29, 0.717) is 28.1 Å². The number of fused-ring (bicyclic) bond motifs is 1. The second-order valence-electron chi connectivity index (χ2n) is 6.32. The van der Waals surface area contributed by atoms with Gasteiger partial charge in [-0.05, 0) is 39.0 Å². The fraction of sp³-hybridized carbons (Fsp3) is 0.294. The maximum Gasteiger partial charge on any atom is 0.411 e. The highest BCUT2D eigenvalue weighted by Gasteiger charge is 2.16. The van der Waals surface area contributed by atoms with Gasteiger partial charge < -0.3 is 10.4 Å². The maximum absolute atomic E-state index is 12.8. The van der Waals surface area contributed by atoms with Crippen molar-refractivity contribution in [3.63, 3.8) is 0 Å². The van der Waals surface area contributed by atoms with Crippen molar-refractivity contribution in [3.8, 4) is 0 Å². The Morgan fingerprint density at radius 3 is 2.62 bits per heavy atom. The molecule has 0 bridgehead atoms. The molecule has 26 heavy (non-hydrogen) atoms. The lowest BCUT2D eigenvalue weighted by atomic mass is 10.1. The van der Waals surface area contributed by atoms with Crippen molar-refractivity contribution in [2.45, 2.75) is 26.8 Å². The zero-order chi connectivity index (χ0) is 19.0. The van der Waals surface area contributed by atoms with E-state index in [1.54, 1.807) is 18.2 Å². The Balaban J connectivity index is 2.22. The first-order valence-electron chi connectivity index (χ1n) is 8.10. The molecule has 0 aliphatic carbocycles. The number of carboxylic acid groups (broad SMARTS) is 1. The molecule has 3 aromatic rings. The number of H-pyrrole nitrogens is 1. The molecule has 9 nitrogen and oxygen atoms in total. The van der Waals surface area contributed by atoms with Crippen molar-refractivity contribution < 1.29 is 9.90 Å². The number of hydrogen-bond donors (Lipinski definition) is 3. The van der Waals surface area contributed by atoms with Gasteiger partial charge in [0.25, 0.3) is 5.56 Å². The third-order valence-corrected chi connectivity index (χ3v) is 4.02. The molecular weight excluding hydrogens is 336 g/mol. The second-order valence-corrected chi connectivity index (χ2v) is 6.32. The lowest BCUT2D eigenvalue weighted by Crippen LogP contribution is -2.27. The standard InChI is InChI=1S/C17H20N6O3/c1-9(2)23-16(24)13-8-11(22(4)17(25)26)5-6-12(13)15(21-23)18-14-7-10(3)19-20-14/h5-9H,1-4H3,(H,25,26)(H2,18,19,20,21). The first-order valence-corrected chi connectivity index (χ1v) is 8.10. The Kier molecular flexibility index (Phi) is 4.37. The van der Waals surface area contributed by atoms with Crippen LogP contribution in [0.4, 0.5) is 22.1 Å². The molecule has 0 atom stereocenters. The third kappa shape index (κ3) is 3.10. The number of rotatable bonds is 4. The molecule has 2 heterocycles. The topological polar surface area (TPSA) is 116 Å². The molecule has 0 aliphatic rings. The van der Waals surface area contributed by atoms with Crippen molar-refractivity contribution in [2.24, 2.45) is 0 Å². The zero-order valence-corrected chi connectivity index (χ0v) is 14.9. The Labute approximate surface area is 149 Å². The number of benzene rings is 1. The average Bonchev–Trinajstić information content (AvgIpc) is 3.00. The van der Waals surface area contributed by atoms with E-state index in [1.165, 1.54) is 11.7 Å². The van der Waals surface area contributed by atoms with Crippen LogP contribution in [0.2, 0.25) is 0 Å². The normalized spacial score (nSPS) is 11.1. The van der Waals surface area contributed by atoms with E-state index in [4.69, 9.17) is 0 Å². The number of anilines is 3. The van der Waals surface area contributed by atoms with Gasteiger partial charge in [-0.1, -0.05) is 0 Å². The Morgan fingerprint density at radius 1 is 1.31 bits per heavy atom. The predicted molar refractivity (Wildman–Crippen MR) is 99.4 cm³/mol. The Hall–Kier alpha value is -3.36. The zero-order valence-electron chi connectivity index (χ0n) is 14.9. The van der Waals surface area contributed by atoms with Crippen molar-refractivity contribution in [1.29, 1.82) is 0 Å². The van der Waals surface area contributed by atoms with Crippen molar-refractivity contribution >= 4 is 34.2 Å². The van der Waals surface area contributed by atoms with Gasteiger partial charge in [-0.3, -0.25) is 14.8 Å². The summed E-state index contributed by atoms with van der Waals surface area (Å²) >= 11 is 0. The fourth-order valence-electron chi connectivity index (χ4n) is 2.61. The molecule has 0 radical (unpaired) electrons. The van der Waals surface area contributed by atoms with Gasteiger partial charge in [0, 0.05) is 29.9 Å². The van der Waals surface area contributed by atoms with E-state index in [-0.39, 0.29) is 11.6 Å². The lowest BCUT2D eigenvalue weighted by Gasteiger charge is -2.17. The van der Waals surface area contributed by atoms with Crippen LogP contribution < -0.4 is 15.8 Å². The molecule has 2 aromatic heterocycles. The summed E-state index contributed by atoms with van der Waals surface area (Å²) < 4.78 is 1.37. The molecule has 3 N–H and O–H groups in total. The first-order chi connectivity index (χ1) is 12.3. The molecular formula is C17H20N6O3. The van der Waals surface area contributed by atoms with Gasteiger partial charge in [-0.25, -0.2) is 9.48 Å². The SMILES string of the molecule is Cc1cc(Nc2nn(C(C)C)c(=O)c3cc(N(C)C(=O)O)ccc23)n[nH]1. The molecule has 0 saturated heterocycles. The molecule has 9 heteroatoms. The molecule has 0 spiro atoms. The summed E-state index contributed by atoms with van der Waals surface area (Å²) in [4.78, 5) is 25.1. The molecule has 136 valence electrons. The summed E-state index contributed by atoms with van der Waals surface area (Å²) in [5.41, 5.74) is 1.02. The number of hydrogen-bond acceptors (Lipinski definition) is 5. The van der Waals surface area contributed by atoms with Crippen LogP contribution in [0.15, 0.2) is 29.1 Å². The van der Waals surface area contributed by atoms with Crippen molar-refractivity contribution in [1.82, 2.24) is 20.0 Å². The van der Waals surface area contributed by atoms with Gasteiger partial charge in [-0.15, -0.1) is 0 Å². The second kappa shape index (κ2) is 6.51. The maximum atomic E-state index is 12.8. The number of carbonyl (C=O) groups is 1. The number of nitrogens with one attached hydrogen (secondary N) is 2. The van der Waals surface area contributed by atoms with E-state index in [9.17, 15) is 14.7 Å². The van der Waals surface area contributed by atoms with E-state index in [2.05, 4.69) is 20.6 Å². The van der Waals surface area contributed by atoms with Crippen LogP contribution >= 0.6 is 0 Å². The van der Waals surface area contributed by atoms with E-state index < -0.39 is 6.09 Å². The minimum absolute atomic E-state index is 0.158. The van der Waals surface area contributed by atoms with Gasteiger partial charge >= 0.3 is 6.09 Å². The number of aromatic amines is 1. The summed E-state index contributed by atoms with van der Waals surface area (Å²) in [5, 5.41) is 24.7. The minimum Gasteiger partial charge on any atom is -0.465 e. The third-order valence-electron chi connectivity index (χ3n) is 4.02. The molecule has 0 aliphatic heterocycles. The Bertz CT molecular complexity index is 1040. The van der Waals surface area contributed by atoms with Gasteiger partial charge in [0.2, 0.25) is 0 Å². The van der Waals surface area contributed by atoms with Crippen LogP contribution in [0.5, 0.6) is 0 Å². The van der Waals surface area contributed by atoms with Gasteiger partial charge in [0.1, 0.15) is 0 Å². The summed E-state index contributed by atoms with van der Waals surface area (Å²) in [6.45, 7) is 5.60. The summed E-state index contributed by atoms with van der Waals surface area (Å²) in [7, 11) is 1.43. The van der Waals surface area contributed by atoms with Crippen LogP contribution in [-0.4, -0.2) is 38.2 Å². The summed E-state index contributed by atoms with van der Waals surface area (Å²) in [6, 6.07) is 6.55. The number of nitrogens with zero attached hydrogens (tertiary/aromatic N) is 4.